The van der Waals surface area contributed by atoms with Crippen molar-refractivity contribution in [2.75, 3.05) is 0 Å². The Labute approximate surface area is 96.9 Å². The molecule has 0 saturated carbocycles. The molecule has 0 aliphatic carbocycles. The Morgan fingerprint density at radius 2 is 1.71 bits per heavy atom. The van der Waals surface area contributed by atoms with E-state index in [1.165, 1.54) is 5.70 Å². The molecule has 3 heteroatoms. The fourth-order valence-electron chi connectivity index (χ4n) is 1.23. The van der Waals surface area contributed by atoms with Gasteiger partial charge < -0.3 is 0 Å². The van der Waals surface area contributed by atoms with Crippen molar-refractivity contribution in [1.82, 2.24) is 3.86 Å². The molecule has 0 N–H and O–H groups in total. The second kappa shape index (κ2) is 6.28. The van der Waals surface area contributed by atoms with E-state index in [0.29, 0.717) is 12.1 Å². The summed E-state index contributed by atoms with van der Waals surface area (Å²) in [4.78, 5) is 4.48. The van der Waals surface area contributed by atoms with Crippen molar-refractivity contribution in [3.8, 4) is 0 Å². The Morgan fingerprint density at radius 1 is 1.21 bits per heavy atom. The van der Waals surface area contributed by atoms with Crippen LogP contribution in [0, 0.1) is 0 Å². The SMILES string of the molecule is CC(/C=C(/C)[N]([GeH])C(C)C)=NC(C)C. The summed E-state index contributed by atoms with van der Waals surface area (Å²) < 4.78 is 2.31. The average molecular weight is 255 g/mol. The van der Waals surface area contributed by atoms with Gasteiger partial charge in [-0.25, -0.2) is 0 Å². The molecular formula is C11H22GeN2. The van der Waals surface area contributed by atoms with Gasteiger partial charge in [-0.3, -0.25) is 0 Å². The number of nitrogens with zero attached hydrogens (tertiary/aromatic N) is 2. The van der Waals surface area contributed by atoms with E-state index in [0.717, 1.165) is 5.71 Å². The fraction of sp³-hybridized carbons (Fsp3) is 0.727. The van der Waals surface area contributed by atoms with E-state index in [-0.39, 0.29) is 0 Å². The first-order valence-corrected chi connectivity index (χ1v) is 6.19. The van der Waals surface area contributed by atoms with E-state index in [1.54, 1.807) is 16.7 Å². The van der Waals surface area contributed by atoms with Crippen molar-refractivity contribution in [3.63, 3.8) is 0 Å². The normalized spacial score (nSPS) is 14.1. The molecule has 0 saturated heterocycles. The number of hydrogen-bond donors (Lipinski definition) is 0. The first kappa shape index (κ1) is 13.8. The minimum atomic E-state index is 0.383. The monoisotopic (exact) mass is 256 g/mol. The Morgan fingerprint density at radius 3 is 2.07 bits per heavy atom. The van der Waals surface area contributed by atoms with Crippen molar-refractivity contribution < 1.29 is 0 Å². The molecule has 2 nitrogen and oxygen atoms in total. The summed E-state index contributed by atoms with van der Waals surface area (Å²) in [5.41, 5.74) is 2.41. The Kier molecular flexibility index (Phi) is 6.17. The van der Waals surface area contributed by atoms with Crippen LogP contribution in [-0.4, -0.2) is 38.4 Å². The standard InChI is InChI=1S/C11H22GeN2/c1-8(2)13-10(5)7-11(6)14(12)9(3)4/h7-9,12H,1-6H3/b11-7-,13-10?. The predicted octanol–water partition coefficient (Wildman–Crippen LogP) is 2.29. The van der Waals surface area contributed by atoms with Crippen LogP contribution in [0.15, 0.2) is 16.8 Å². The molecule has 0 aliphatic heterocycles. The van der Waals surface area contributed by atoms with Gasteiger partial charge in [0, 0.05) is 0 Å². The maximum atomic E-state index is 4.48. The van der Waals surface area contributed by atoms with Crippen LogP contribution < -0.4 is 0 Å². The molecule has 2 radical (unpaired) electrons. The summed E-state index contributed by atoms with van der Waals surface area (Å²) in [6.07, 6.45) is 2.15. The molecule has 0 aromatic carbocycles. The van der Waals surface area contributed by atoms with Gasteiger partial charge in [-0.1, -0.05) is 0 Å². The number of aliphatic imine (C=N–C) groups is 1. The third-order valence-corrected chi connectivity index (χ3v) is 3.95. The molecule has 0 atom stereocenters. The molecule has 14 heavy (non-hydrogen) atoms. The van der Waals surface area contributed by atoms with Crippen molar-refractivity contribution in [3.05, 3.63) is 11.8 Å². The Balaban J connectivity index is 4.51. The van der Waals surface area contributed by atoms with Gasteiger partial charge in [-0.2, -0.15) is 0 Å². The van der Waals surface area contributed by atoms with Gasteiger partial charge in [-0.05, 0) is 0 Å². The minimum absolute atomic E-state index is 0.383. The molecule has 0 aromatic heterocycles. The molecule has 0 aliphatic rings. The van der Waals surface area contributed by atoms with Crippen LogP contribution in [0.5, 0.6) is 0 Å². The van der Waals surface area contributed by atoms with Gasteiger partial charge >= 0.3 is 96.7 Å². The summed E-state index contributed by atoms with van der Waals surface area (Å²) in [6, 6.07) is 0.951. The summed E-state index contributed by atoms with van der Waals surface area (Å²) in [6.45, 7) is 12.8. The van der Waals surface area contributed by atoms with Crippen molar-refractivity contribution in [2.45, 2.75) is 53.6 Å². The zero-order valence-electron chi connectivity index (χ0n) is 10.2. The quantitative estimate of drug-likeness (QED) is 0.555. The summed E-state index contributed by atoms with van der Waals surface area (Å²) >= 11 is 1.64. The molecule has 0 rings (SSSR count). The van der Waals surface area contributed by atoms with E-state index < -0.39 is 0 Å². The van der Waals surface area contributed by atoms with Crippen LogP contribution in [0.4, 0.5) is 0 Å². The van der Waals surface area contributed by atoms with Crippen molar-refractivity contribution in [2.24, 2.45) is 4.99 Å². The molecule has 0 fully saturated rings. The number of allylic oxidation sites excluding steroid dienone is 2. The van der Waals surface area contributed by atoms with Gasteiger partial charge in [0.1, 0.15) is 0 Å². The maximum absolute atomic E-state index is 4.48. The summed E-state index contributed by atoms with van der Waals surface area (Å²) in [5, 5.41) is 0. The average Bonchev–Trinajstić information content (AvgIpc) is 2.00. The van der Waals surface area contributed by atoms with Gasteiger partial charge in [-0.15, -0.1) is 0 Å². The Bertz CT molecular complexity index is 229. The van der Waals surface area contributed by atoms with E-state index in [2.05, 4.69) is 56.5 Å². The number of hydrogen-bond acceptors (Lipinski definition) is 2. The topological polar surface area (TPSA) is 15.6 Å². The fourth-order valence-corrected chi connectivity index (χ4v) is 1.39. The molecule has 0 unspecified atom stereocenters. The second-order valence-electron chi connectivity index (χ2n) is 4.15. The van der Waals surface area contributed by atoms with Crippen LogP contribution in [0.1, 0.15) is 41.5 Å². The zero-order chi connectivity index (χ0) is 11.3. The van der Waals surface area contributed by atoms with Crippen LogP contribution >= 0.6 is 0 Å². The molecule has 0 heterocycles. The predicted molar refractivity (Wildman–Crippen MR) is 66.1 cm³/mol. The summed E-state index contributed by atoms with van der Waals surface area (Å²) in [5.74, 6) is 0. The Hall–Kier alpha value is -0.247. The number of rotatable bonds is 4. The van der Waals surface area contributed by atoms with Crippen molar-refractivity contribution in [1.29, 1.82) is 0 Å². The van der Waals surface area contributed by atoms with E-state index >= 15 is 0 Å². The van der Waals surface area contributed by atoms with Gasteiger partial charge in [0.25, 0.3) is 0 Å². The first-order valence-electron chi connectivity index (χ1n) is 5.11. The van der Waals surface area contributed by atoms with E-state index in [1.807, 2.05) is 0 Å². The molecular weight excluding hydrogens is 233 g/mol. The molecule has 0 spiro atoms. The zero-order valence-corrected chi connectivity index (χ0v) is 12.6. The summed E-state index contributed by atoms with van der Waals surface area (Å²) in [7, 11) is 0. The molecule has 0 aromatic rings. The van der Waals surface area contributed by atoms with Gasteiger partial charge in [0.2, 0.25) is 0 Å². The van der Waals surface area contributed by atoms with Crippen molar-refractivity contribution >= 4 is 22.4 Å². The molecule has 0 bridgehead atoms. The van der Waals surface area contributed by atoms with Crippen LogP contribution in [0.25, 0.3) is 0 Å². The van der Waals surface area contributed by atoms with E-state index in [9.17, 15) is 0 Å². The first-order chi connectivity index (χ1) is 6.34. The second-order valence-corrected chi connectivity index (χ2v) is 5.32. The third kappa shape index (κ3) is 5.48. The molecule has 0 amide bonds. The third-order valence-electron chi connectivity index (χ3n) is 1.84. The van der Waals surface area contributed by atoms with Crippen LogP contribution in [0.2, 0.25) is 0 Å². The van der Waals surface area contributed by atoms with Gasteiger partial charge in [0.15, 0.2) is 0 Å². The van der Waals surface area contributed by atoms with Gasteiger partial charge in [0.05, 0.1) is 0 Å². The van der Waals surface area contributed by atoms with E-state index in [4.69, 9.17) is 0 Å². The van der Waals surface area contributed by atoms with Crippen LogP contribution in [0.3, 0.4) is 0 Å². The van der Waals surface area contributed by atoms with Crippen LogP contribution in [-0.2, 0) is 0 Å². The molecule has 80 valence electrons.